The highest BCUT2D eigenvalue weighted by atomic mass is 35.5. The molecule has 0 aliphatic rings. The minimum Gasteiger partial charge on any atom is -0.494 e. The summed E-state index contributed by atoms with van der Waals surface area (Å²) in [7, 11) is 0. The van der Waals surface area contributed by atoms with Gasteiger partial charge in [0.25, 0.3) is 0 Å². The SMILES string of the molecule is CCOc1ccc(-c2cc(-c3ccc(Cl)c(Cl)c3)nc(N)n2)cc1. The summed E-state index contributed by atoms with van der Waals surface area (Å²) < 4.78 is 5.45. The minimum atomic E-state index is 0.197. The molecule has 0 radical (unpaired) electrons. The highest BCUT2D eigenvalue weighted by Gasteiger charge is 2.09. The van der Waals surface area contributed by atoms with Crippen molar-refractivity contribution in [3.8, 4) is 28.3 Å². The first-order valence-corrected chi connectivity index (χ1v) is 8.15. The van der Waals surface area contributed by atoms with Crippen molar-refractivity contribution >= 4 is 29.2 Å². The van der Waals surface area contributed by atoms with Crippen LogP contribution in [0.25, 0.3) is 22.5 Å². The molecule has 0 saturated carbocycles. The predicted molar refractivity (Wildman–Crippen MR) is 98.5 cm³/mol. The number of hydrogen-bond donors (Lipinski definition) is 1. The van der Waals surface area contributed by atoms with Gasteiger partial charge in [0.05, 0.1) is 28.0 Å². The number of nitrogens with zero attached hydrogens (tertiary/aromatic N) is 2. The van der Waals surface area contributed by atoms with Crippen LogP contribution in [0.15, 0.2) is 48.5 Å². The lowest BCUT2D eigenvalue weighted by Crippen LogP contribution is -1.99. The second kappa shape index (κ2) is 7.07. The van der Waals surface area contributed by atoms with E-state index in [-0.39, 0.29) is 5.95 Å². The standard InChI is InChI=1S/C18H15Cl2N3O/c1-2-24-13-6-3-11(4-7-13)16-10-17(23-18(21)22-16)12-5-8-14(19)15(20)9-12/h3-10H,2H2,1H3,(H2,21,22,23). The Labute approximate surface area is 150 Å². The number of benzene rings is 2. The third-order valence-corrected chi connectivity index (χ3v) is 4.16. The van der Waals surface area contributed by atoms with Crippen molar-refractivity contribution in [1.82, 2.24) is 9.97 Å². The van der Waals surface area contributed by atoms with Crippen LogP contribution in [0.3, 0.4) is 0 Å². The molecule has 0 aliphatic heterocycles. The molecule has 0 spiro atoms. The van der Waals surface area contributed by atoms with Crippen molar-refractivity contribution in [3.63, 3.8) is 0 Å². The Hall–Kier alpha value is -2.30. The van der Waals surface area contributed by atoms with E-state index >= 15 is 0 Å². The van der Waals surface area contributed by atoms with Crippen LogP contribution in [0.2, 0.25) is 10.0 Å². The number of anilines is 1. The van der Waals surface area contributed by atoms with E-state index in [0.717, 1.165) is 22.6 Å². The van der Waals surface area contributed by atoms with Crippen LogP contribution in [0.5, 0.6) is 5.75 Å². The van der Waals surface area contributed by atoms with Crippen LogP contribution in [-0.2, 0) is 0 Å². The lowest BCUT2D eigenvalue weighted by atomic mass is 10.1. The Morgan fingerprint density at radius 2 is 1.50 bits per heavy atom. The Balaban J connectivity index is 2.00. The molecule has 24 heavy (non-hydrogen) atoms. The Bertz CT molecular complexity index is 867. The first kappa shape index (κ1) is 16.6. The third-order valence-electron chi connectivity index (χ3n) is 3.42. The van der Waals surface area contributed by atoms with E-state index in [2.05, 4.69) is 9.97 Å². The van der Waals surface area contributed by atoms with Gasteiger partial charge in [-0.05, 0) is 49.4 Å². The molecular formula is C18H15Cl2N3O. The smallest absolute Gasteiger partial charge is 0.221 e. The van der Waals surface area contributed by atoms with Crippen molar-refractivity contribution in [2.24, 2.45) is 0 Å². The van der Waals surface area contributed by atoms with E-state index in [0.29, 0.717) is 22.3 Å². The first-order chi connectivity index (χ1) is 11.6. The fourth-order valence-corrected chi connectivity index (χ4v) is 2.60. The topological polar surface area (TPSA) is 61.0 Å². The molecule has 1 aromatic heterocycles. The summed E-state index contributed by atoms with van der Waals surface area (Å²) in [5.74, 6) is 1.01. The van der Waals surface area contributed by atoms with Gasteiger partial charge in [-0.1, -0.05) is 29.3 Å². The normalized spacial score (nSPS) is 10.6. The number of halogens is 2. The molecule has 3 rings (SSSR count). The fraction of sp³-hybridized carbons (Fsp3) is 0.111. The van der Waals surface area contributed by atoms with Crippen molar-refractivity contribution in [3.05, 3.63) is 58.6 Å². The molecule has 1 heterocycles. The molecule has 0 saturated heterocycles. The van der Waals surface area contributed by atoms with Crippen LogP contribution < -0.4 is 10.5 Å². The zero-order chi connectivity index (χ0) is 17.1. The summed E-state index contributed by atoms with van der Waals surface area (Å²) in [6.45, 7) is 2.57. The third kappa shape index (κ3) is 3.61. The average molecular weight is 360 g/mol. The van der Waals surface area contributed by atoms with Gasteiger partial charge < -0.3 is 10.5 Å². The van der Waals surface area contributed by atoms with Gasteiger partial charge in [-0.25, -0.2) is 9.97 Å². The summed E-state index contributed by atoms with van der Waals surface area (Å²) in [5.41, 5.74) is 9.04. The van der Waals surface area contributed by atoms with Gasteiger partial charge in [0.15, 0.2) is 0 Å². The lowest BCUT2D eigenvalue weighted by molar-refractivity contribution is 0.340. The second-order valence-electron chi connectivity index (χ2n) is 5.08. The zero-order valence-corrected chi connectivity index (χ0v) is 14.5. The van der Waals surface area contributed by atoms with Crippen molar-refractivity contribution in [2.75, 3.05) is 12.3 Å². The maximum atomic E-state index is 6.09. The average Bonchev–Trinajstić information content (AvgIpc) is 2.58. The molecule has 3 aromatic rings. The second-order valence-corrected chi connectivity index (χ2v) is 5.90. The van der Waals surface area contributed by atoms with Gasteiger partial charge in [0, 0.05) is 11.1 Å². The number of rotatable bonds is 4. The summed E-state index contributed by atoms with van der Waals surface area (Å²) in [6.07, 6.45) is 0. The molecular weight excluding hydrogens is 345 g/mol. The number of aromatic nitrogens is 2. The van der Waals surface area contributed by atoms with Crippen molar-refractivity contribution in [1.29, 1.82) is 0 Å². The molecule has 0 atom stereocenters. The van der Waals surface area contributed by atoms with E-state index in [1.165, 1.54) is 0 Å². The van der Waals surface area contributed by atoms with Gasteiger partial charge in [0.2, 0.25) is 5.95 Å². The fourth-order valence-electron chi connectivity index (χ4n) is 2.31. The largest absolute Gasteiger partial charge is 0.494 e. The van der Waals surface area contributed by atoms with E-state index in [1.54, 1.807) is 12.1 Å². The van der Waals surface area contributed by atoms with Crippen molar-refractivity contribution < 1.29 is 4.74 Å². The molecule has 0 amide bonds. The quantitative estimate of drug-likeness (QED) is 0.703. The maximum Gasteiger partial charge on any atom is 0.221 e. The highest BCUT2D eigenvalue weighted by Crippen LogP contribution is 2.30. The summed E-state index contributed by atoms with van der Waals surface area (Å²) in [5, 5.41) is 0.961. The monoisotopic (exact) mass is 359 g/mol. The van der Waals surface area contributed by atoms with Crippen LogP contribution in [0, 0.1) is 0 Å². The van der Waals surface area contributed by atoms with Gasteiger partial charge in [-0.3, -0.25) is 0 Å². The number of ether oxygens (including phenoxy) is 1. The van der Waals surface area contributed by atoms with Gasteiger partial charge in [-0.15, -0.1) is 0 Å². The van der Waals surface area contributed by atoms with Gasteiger partial charge >= 0.3 is 0 Å². The van der Waals surface area contributed by atoms with Crippen LogP contribution >= 0.6 is 23.2 Å². The van der Waals surface area contributed by atoms with E-state index < -0.39 is 0 Å². The van der Waals surface area contributed by atoms with E-state index in [4.69, 9.17) is 33.7 Å². The molecule has 0 bridgehead atoms. The highest BCUT2D eigenvalue weighted by molar-refractivity contribution is 6.42. The summed E-state index contributed by atoms with van der Waals surface area (Å²) >= 11 is 12.1. The Morgan fingerprint density at radius 1 is 0.875 bits per heavy atom. The van der Waals surface area contributed by atoms with Crippen LogP contribution in [0.1, 0.15) is 6.92 Å². The number of hydrogen-bond acceptors (Lipinski definition) is 4. The minimum absolute atomic E-state index is 0.197. The molecule has 0 fully saturated rings. The molecule has 4 nitrogen and oxygen atoms in total. The molecule has 2 N–H and O–H groups in total. The Kier molecular flexibility index (Phi) is 4.88. The molecule has 0 unspecified atom stereocenters. The van der Waals surface area contributed by atoms with E-state index in [9.17, 15) is 0 Å². The Morgan fingerprint density at radius 3 is 2.12 bits per heavy atom. The van der Waals surface area contributed by atoms with Crippen molar-refractivity contribution in [2.45, 2.75) is 6.92 Å². The van der Waals surface area contributed by atoms with Gasteiger partial charge in [0.1, 0.15) is 5.75 Å². The molecule has 122 valence electrons. The molecule has 0 aliphatic carbocycles. The van der Waals surface area contributed by atoms with Crippen LogP contribution in [-0.4, -0.2) is 16.6 Å². The predicted octanol–water partition coefficient (Wildman–Crippen LogP) is 5.10. The number of nitrogens with two attached hydrogens (primary N) is 1. The number of nitrogen functional groups attached to an aromatic ring is 1. The molecule has 6 heteroatoms. The summed E-state index contributed by atoms with van der Waals surface area (Å²) in [4.78, 5) is 8.60. The lowest BCUT2D eigenvalue weighted by Gasteiger charge is -2.08. The van der Waals surface area contributed by atoms with Crippen LogP contribution in [0.4, 0.5) is 5.95 Å². The molecule has 2 aromatic carbocycles. The van der Waals surface area contributed by atoms with E-state index in [1.807, 2.05) is 43.3 Å². The summed E-state index contributed by atoms with van der Waals surface area (Å²) in [6, 6.07) is 14.9. The maximum absolute atomic E-state index is 6.09. The van der Waals surface area contributed by atoms with Gasteiger partial charge in [-0.2, -0.15) is 0 Å². The first-order valence-electron chi connectivity index (χ1n) is 7.40. The zero-order valence-electron chi connectivity index (χ0n) is 13.0.